The number of hydrogen-bond donors (Lipinski definition) is 1. The van der Waals surface area contributed by atoms with Crippen LogP contribution < -0.4 is 15.0 Å². The van der Waals surface area contributed by atoms with Gasteiger partial charge in [0.25, 0.3) is 5.91 Å². The molecule has 26 heavy (non-hydrogen) atoms. The number of carbonyl (C=O) groups is 1. The summed E-state index contributed by atoms with van der Waals surface area (Å²) in [6, 6.07) is 11.0. The number of pyridine rings is 1. The Hall–Kier alpha value is -2.60. The Labute approximate surface area is 154 Å². The van der Waals surface area contributed by atoms with Crippen molar-refractivity contribution in [3.8, 4) is 5.75 Å². The molecule has 0 aliphatic carbocycles. The van der Waals surface area contributed by atoms with Gasteiger partial charge in [-0.15, -0.1) is 0 Å². The Morgan fingerprint density at radius 1 is 1.19 bits per heavy atom. The number of carbonyl (C=O) groups excluding carboxylic acids is 1. The van der Waals surface area contributed by atoms with E-state index < -0.39 is 0 Å². The van der Waals surface area contributed by atoms with Gasteiger partial charge in [-0.05, 0) is 42.8 Å². The van der Waals surface area contributed by atoms with Crippen LogP contribution in [0.4, 0.5) is 11.5 Å². The number of rotatable bonds is 7. The van der Waals surface area contributed by atoms with Crippen LogP contribution in [0.2, 0.25) is 0 Å². The summed E-state index contributed by atoms with van der Waals surface area (Å²) in [6.45, 7) is 5.94. The van der Waals surface area contributed by atoms with Gasteiger partial charge in [0.1, 0.15) is 11.6 Å². The second-order valence-electron chi connectivity index (χ2n) is 6.19. The standard InChI is InChI=1S/C20H25N3O3/c1-2-3-12-26-18-7-4-16(5-8-18)20(24)22-17-6-9-19(21-15-17)23-10-13-25-14-11-23/h4-9,15H,2-3,10-14H2,1H3,(H,22,24). The van der Waals surface area contributed by atoms with E-state index in [0.717, 1.165) is 50.7 Å². The van der Waals surface area contributed by atoms with E-state index in [1.807, 2.05) is 24.3 Å². The molecule has 1 N–H and O–H groups in total. The molecule has 1 fully saturated rings. The van der Waals surface area contributed by atoms with Gasteiger partial charge in [0, 0.05) is 18.7 Å². The summed E-state index contributed by atoms with van der Waals surface area (Å²) in [4.78, 5) is 19.0. The number of morpholine rings is 1. The van der Waals surface area contributed by atoms with Gasteiger partial charge in [-0.3, -0.25) is 4.79 Å². The summed E-state index contributed by atoms with van der Waals surface area (Å²) >= 11 is 0. The van der Waals surface area contributed by atoms with Crippen LogP contribution in [0.15, 0.2) is 42.6 Å². The van der Waals surface area contributed by atoms with Crippen LogP contribution in [-0.4, -0.2) is 43.8 Å². The molecule has 1 amide bonds. The normalized spacial score (nSPS) is 14.1. The molecular formula is C20H25N3O3. The highest BCUT2D eigenvalue weighted by atomic mass is 16.5. The average Bonchev–Trinajstić information content (AvgIpc) is 2.70. The first-order valence-corrected chi connectivity index (χ1v) is 9.09. The van der Waals surface area contributed by atoms with E-state index >= 15 is 0 Å². The van der Waals surface area contributed by atoms with E-state index in [9.17, 15) is 4.79 Å². The fourth-order valence-electron chi connectivity index (χ4n) is 2.68. The van der Waals surface area contributed by atoms with Crippen LogP contribution in [0.25, 0.3) is 0 Å². The van der Waals surface area contributed by atoms with E-state index in [1.165, 1.54) is 0 Å². The molecule has 0 saturated carbocycles. The van der Waals surface area contributed by atoms with Crippen LogP contribution in [0.3, 0.4) is 0 Å². The van der Waals surface area contributed by atoms with Crippen molar-refractivity contribution >= 4 is 17.4 Å². The lowest BCUT2D eigenvalue weighted by molar-refractivity contribution is 0.102. The van der Waals surface area contributed by atoms with Gasteiger partial charge in [0.15, 0.2) is 0 Å². The molecule has 6 nitrogen and oxygen atoms in total. The number of hydrogen-bond acceptors (Lipinski definition) is 5. The summed E-state index contributed by atoms with van der Waals surface area (Å²) in [5, 5.41) is 2.87. The summed E-state index contributed by atoms with van der Waals surface area (Å²) in [7, 11) is 0. The van der Waals surface area contributed by atoms with Crippen molar-refractivity contribution in [1.29, 1.82) is 0 Å². The number of aromatic nitrogens is 1. The van der Waals surface area contributed by atoms with E-state index in [-0.39, 0.29) is 5.91 Å². The van der Waals surface area contributed by atoms with Crippen molar-refractivity contribution in [3.63, 3.8) is 0 Å². The Morgan fingerprint density at radius 2 is 1.96 bits per heavy atom. The molecule has 2 heterocycles. The molecular weight excluding hydrogens is 330 g/mol. The lowest BCUT2D eigenvalue weighted by Gasteiger charge is -2.27. The monoisotopic (exact) mass is 355 g/mol. The highest BCUT2D eigenvalue weighted by Gasteiger charge is 2.12. The highest BCUT2D eigenvalue weighted by Crippen LogP contribution is 2.17. The van der Waals surface area contributed by atoms with Gasteiger partial charge in [-0.1, -0.05) is 13.3 Å². The van der Waals surface area contributed by atoms with Crippen molar-refractivity contribution in [2.45, 2.75) is 19.8 Å². The van der Waals surface area contributed by atoms with Gasteiger partial charge >= 0.3 is 0 Å². The van der Waals surface area contributed by atoms with Crippen LogP contribution in [0.5, 0.6) is 5.75 Å². The molecule has 0 atom stereocenters. The molecule has 0 unspecified atom stereocenters. The topological polar surface area (TPSA) is 63.7 Å². The predicted octanol–water partition coefficient (Wildman–Crippen LogP) is 3.35. The van der Waals surface area contributed by atoms with Crippen LogP contribution in [0.1, 0.15) is 30.1 Å². The minimum Gasteiger partial charge on any atom is -0.494 e. The minimum atomic E-state index is -0.161. The predicted molar refractivity (Wildman–Crippen MR) is 102 cm³/mol. The van der Waals surface area contributed by atoms with Crippen LogP contribution in [0, 0.1) is 0 Å². The van der Waals surface area contributed by atoms with Gasteiger partial charge in [0.2, 0.25) is 0 Å². The van der Waals surface area contributed by atoms with E-state index in [0.29, 0.717) is 17.9 Å². The Bertz CT molecular complexity index is 695. The lowest BCUT2D eigenvalue weighted by atomic mass is 10.2. The Kier molecular flexibility index (Phi) is 6.44. The van der Waals surface area contributed by atoms with Crippen LogP contribution in [-0.2, 0) is 4.74 Å². The number of benzene rings is 1. The van der Waals surface area contributed by atoms with E-state index in [4.69, 9.17) is 9.47 Å². The molecule has 2 aromatic rings. The first kappa shape index (κ1) is 18.2. The van der Waals surface area contributed by atoms with Crippen molar-refractivity contribution in [1.82, 2.24) is 4.98 Å². The zero-order valence-electron chi connectivity index (χ0n) is 15.1. The number of nitrogens with one attached hydrogen (secondary N) is 1. The quantitative estimate of drug-likeness (QED) is 0.772. The smallest absolute Gasteiger partial charge is 0.255 e. The number of nitrogens with zero attached hydrogens (tertiary/aromatic N) is 2. The molecule has 1 aliphatic heterocycles. The second kappa shape index (κ2) is 9.20. The van der Waals surface area contributed by atoms with E-state index in [2.05, 4.69) is 22.1 Å². The third-order valence-electron chi connectivity index (χ3n) is 4.22. The maximum absolute atomic E-state index is 12.4. The highest BCUT2D eigenvalue weighted by molar-refractivity contribution is 6.04. The Morgan fingerprint density at radius 3 is 2.62 bits per heavy atom. The third kappa shape index (κ3) is 4.95. The minimum absolute atomic E-state index is 0.161. The number of unbranched alkanes of at least 4 members (excludes halogenated alkanes) is 1. The zero-order valence-corrected chi connectivity index (χ0v) is 15.1. The van der Waals surface area contributed by atoms with Crippen molar-refractivity contribution in [3.05, 3.63) is 48.2 Å². The van der Waals surface area contributed by atoms with Crippen molar-refractivity contribution in [2.75, 3.05) is 43.1 Å². The Balaban J connectivity index is 1.55. The lowest BCUT2D eigenvalue weighted by Crippen LogP contribution is -2.36. The summed E-state index contributed by atoms with van der Waals surface area (Å²) < 4.78 is 11.0. The van der Waals surface area contributed by atoms with Crippen molar-refractivity contribution in [2.24, 2.45) is 0 Å². The second-order valence-corrected chi connectivity index (χ2v) is 6.19. The molecule has 3 rings (SSSR count). The van der Waals surface area contributed by atoms with Crippen molar-refractivity contribution < 1.29 is 14.3 Å². The number of ether oxygens (including phenoxy) is 2. The number of anilines is 2. The SMILES string of the molecule is CCCCOc1ccc(C(=O)Nc2ccc(N3CCOCC3)nc2)cc1. The fourth-order valence-corrected chi connectivity index (χ4v) is 2.68. The average molecular weight is 355 g/mol. The molecule has 1 aliphatic rings. The molecule has 0 radical (unpaired) electrons. The third-order valence-corrected chi connectivity index (χ3v) is 4.22. The van der Waals surface area contributed by atoms with Crippen LogP contribution >= 0.6 is 0 Å². The van der Waals surface area contributed by atoms with Gasteiger partial charge in [0.05, 0.1) is 31.7 Å². The van der Waals surface area contributed by atoms with Gasteiger partial charge in [-0.25, -0.2) is 4.98 Å². The molecule has 6 heteroatoms. The molecule has 1 saturated heterocycles. The molecule has 138 valence electrons. The van der Waals surface area contributed by atoms with E-state index in [1.54, 1.807) is 18.3 Å². The molecule has 1 aromatic heterocycles. The molecule has 1 aromatic carbocycles. The zero-order chi connectivity index (χ0) is 18.2. The summed E-state index contributed by atoms with van der Waals surface area (Å²) in [5.41, 5.74) is 1.26. The van der Waals surface area contributed by atoms with Gasteiger partial charge < -0.3 is 19.7 Å². The maximum Gasteiger partial charge on any atom is 0.255 e. The molecule has 0 spiro atoms. The summed E-state index contributed by atoms with van der Waals surface area (Å²) in [6.07, 6.45) is 3.81. The first-order valence-electron chi connectivity index (χ1n) is 9.09. The van der Waals surface area contributed by atoms with Gasteiger partial charge in [-0.2, -0.15) is 0 Å². The number of amides is 1. The summed E-state index contributed by atoms with van der Waals surface area (Å²) in [5.74, 6) is 1.53. The maximum atomic E-state index is 12.4. The first-order chi connectivity index (χ1) is 12.8. The molecule has 0 bridgehead atoms. The largest absolute Gasteiger partial charge is 0.494 e. The fraction of sp³-hybridized carbons (Fsp3) is 0.400.